The third-order valence-electron chi connectivity index (χ3n) is 2.40. The van der Waals surface area contributed by atoms with Crippen LogP contribution in [0.1, 0.15) is 31.9 Å². The van der Waals surface area contributed by atoms with E-state index in [1.165, 1.54) is 5.56 Å². The van der Waals surface area contributed by atoms with Gasteiger partial charge in [-0.05, 0) is 35.4 Å². The van der Waals surface area contributed by atoms with Crippen LogP contribution in [-0.4, -0.2) is 19.8 Å². The zero-order valence-electron chi connectivity index (χ0n) is 9.12. The van der Waals surface area contributed by atoms with Crippen LogP contribution in [0.25, 0.3) is 0 Å². The van der Waals surface area contributed by atoms with Crippen LogP contribution in [-0.2, 0) is 4.74 Å². The summed E-state index contributed by atoms with van der Waals surface area (Å²) in [6.07, 6.45) is 1.30. The van der Waals surface area contributed by atoms with Crippen LogP contribution in [0.15, 0.2) is 16.8 Å². The Labute approximate surface area is 90.3 Å². The molecule has 1 N–H and O–H groups in total. The van der Waals surface area contributed by atoms with Gasteiger partial charge in [0.25, 0.3) is 0 Å². The maximum absolute atomic E-state index is 5.48. The van der Waals surface area contributed by atoms with Crippen molar-refractivity contribution in [3.05, 3.63) is 22.4 Å². The summed E-state index contributed by atoms with van der Waals surface area (Å²) in [4.78, 5) is 0. The second kappa shape index (κ2) is 6.17. The van der Waals surface area contributed by atoms with Gasteiger partial charge in [-0.1, -0.05) is 13.8 Å². The van der Waals surface area contributed by atoms with Gasteiger partial charge in [0.05, 0.1) is 12.1 Å². The van der Waals surface area contributed by atoms with E-state index in [0.29, 0.717) is 6.04 Å². The fraction of sp³-hybridized carbons (Fsp3) is 0.636. The highest BCUT2D eigenvalue weighted by Crippen LogP contribution is 2.23. The molecular formula is C11H19NOS. The predicted octanol–water partition coefficient (Wildman–Crippen LogP) is 2.82. The monoisotopic (exact) mass is 213 g/mol. The van der Waals surface area contributed by atoms with Gasteiger partial charge in [-0.25, -0.2) is 0 Å². The fourth-order valence-electron chi connectivity index (χ4n) is 1.67. The molecule has 0 spiro atoms. The minimum atomic E-state index is 0.268. The first-order chi connectivity index (χ1) is 6.83. The lowest BCUT2D eigenvalue weighted by Gasteiger charge is -2.25. The molecule has 0 radical (unpaired) electrons. The quantitative estimate of drug-likeness (QED) is 0.784. The Morgan fingerprint density at radius 1 is 1.50 bits per heavy atom. The largest absolute Gasteiger partial charge is 0.379 e. The van der Waals surface area contributed by atoms with Crippen LogP contribution < -0.4 is 5.32 Å². The van der Waals surface area contributed by atoms with Crippen LogP contribution in [0.2, 0.25) is 0 Å². The molecule has 0 aliphatic heterocycles. The minimum Gasteiger partial charge on any atom is -0.379 e. The smallest absolute Gasteiger partial charge is 0.0763 e. The molecular weight excluding hydrogens is 194 g/mol. The number of hydrogen-bond acceptors (Lipinski definition) is 3. The van der Waals surface area contributed by atoms with Crippen molar-refractivity contribution in [1.29, 1.82) is 0 Å². The second-order valence-electron chi connectivity index (χ2n) is 3.27. The van der Waals surface area contributed by atoms with Gasteiger partial charge in [-0.15, -0.1) is 0 Å². The average molecular weight is 213 g/mol. The topological polar surface area (TPSA) is 21.3 Å². The predicted molar refractivity (Wildman–Crippen MR) is 61.8 cm³/mol. The molecule has 0 saturated heterocycles. The number of hydrogen-bond donors (Lipinski definition) is 1. The number of thiophene rings is 1. The summed E-state index contributed by atoms with van der Waals surface area (Å²) >= 11 is 1.74. The van der Waals surface area contributed by atoms with E-state index < -0.39 is 0 Å². The van der Waals surface area contributed by atoms with E-state index in [2.05, 4.69) is 36.0 Å². The van der Waals surface area contributed by atoms with Gasteiger partial charge < -0.3 is 10.1 Å². The molecule has 0 aliphatic rings. The molecule has 1 aromatic rings. The molecule has 2 atom stereocenters. The Bertz CT molecular complexity index is 231. The zero-order valence-corrected chi connectivity index (χ0v) is 9.93. The zero-order chi connectivity index (χ0) is 10.4. The second-order valence-corrected chi connectivity index (χ2v) is 4.05. The molecule has 0 aliphatic carbocycles. The standard InChI is InChI=1S/C11H19NOS/c1-4-10(13-3)11(12-5-2)9-6-7-14-8-9/h6-8,10-12H,4-5H2,1-3H3. The molecule has 14 heavy (non-hydrogen) atoms. The first-order valence-electron chi connectivity index (χ1n) is 5.11. The van der Waals surface area contributed by atoms with Crippen molar-refractivity contribution >= 4 is 11.3 Å². The maximum Gasteiger partial charge on any atom is 0.0763 e. The van der Waals surface area contributed by atoms with Gasteiger partial charge >= 0.3 is 0 Å². The summed E-state index contributed by atoms with van der Waals surface area (Å²) in [5, 5.41) is 7.77. The fourth-order valence-corrected chi connectivity index (χ4v) is 2.37. The molecule has 0 aromatic carbocycles. The molecule has 3 heteroatoms. The van der Waals surface area contributed by atoms with Crippen LogP contribution in [0.4, 0.5) is 0 Å². The third-order valence-corrected chi connectivity index (χ3v) is 3.10. The summed E-state index contributed by atoms with van der Waals surface area (Å²) in [6.45, 7) is 5.26. The molecule has 0 bridgehead atoms. The van der Waals surface area contributed by atoms with E-state index >= 15 is 0 Å². The van der Waals surface area contributed by atoms with Crippen molar-refractivity contribution in [2.24, 2.45) is 0 Å². The first kappa shape index (κ1) is 11.7. The first-order valence-corrected chi connectivity index (χ1v) is 6.06. The maximum atomic E-state index is 5.48. The minimum absolute atomic E-state index is 0.268. The highest BCUT2D eigenvalue weighted by molar-refractivity contribution is 7.07. The van der Waals surface area contributed by atoms with Crippen LogP contribution >= 0.6 is 11.3 Å². The summed E-state index contributed by atoms with van der Waals surface area (Å²) in [5.74, 6) is 0. The number of likely N-dealkylation sites (N-methyl/N-ethyl adjacent to an activating group) is 1. The molecule has 1 heterocycles. The lowest BCUT2D eigenvalue weighted by molar-refractivity contribution is 0.0657. The van der Waals surface area contributed by atoms with Gasteiger partial charge in [-0.2, -0.15) is 11.3 Å². The number of methoxy groups -OCH3 is 1. The third kappa shape index (κ3) is 2.80. The van der Waals surface area contributed by atoms with Gasteiger partial charge in [0.15, 0.2) is 0 Å². The molecule has 0 amide bonds. The SMILES string of the molecule is CCNC(c1ccsc1)C(CC)OC. The Hall–Kier alpha value is -0.380. The molecule has 1 aromatic heterocycles. The van der Waals surface area contributed by atoms with E-state index in [0.717, 1.165) is 13.0 Å². The molecule has 0 saturated carbocycles. The Morgan fingerprint density at radius 2 is 2.29 bits per heavy atom. The van der Waals surface area contributed by atoms with E-state index in [1.807, 2.05) is 0 Å². The molecule has 2 nitrogen and oxygen atoms in total. The van der Waals surface area contributed by atoms with Crippen molar-refractivity contribution in [1.82, 2.24) is 5.32 Å². The number of rotatable bonds is 6. The van der Waals surface area contributed by atoms with E-state index in [4.69, 9.17) is 4.74 Å². The normalized spacial score (nSPS) is 15.4. The molecule has 0 fully saturated rings. The van der Waals surface area contributed by atoms with E-state index in [1.54, 1.807) is 18.4 Å². The van der Waals surface area contributed by atoms with E-state index in [-0.39, 0.29) is 6.10 Å². The summed E-state index contributed by atoms with van der Waals surface area (Å²) in [5.41, 5.74) is 1.34. The van der Waals surface area contributed by atoms with Crippen molar-refractivity contribution in [2.45, 2.75) is 32.4 Å². The van der Waals surface area contributed by atoms with Gasteiger partial charge in [0, 0.05) is 7.11 Å². The van der Waals surface area contributed by atoms with Crippen molar-refractivity contribution in [3.8, 4) is 0 Å². The van der Waals surface area contributed by atoms with Crippen LogP contribution in [0, 0.1) is 0 Å². The van der Waals surface area contributed by atoms with Crippen LogP contribution in [0.3, 0.4) is 0 Å². The summed E-state index contributed by atoms with van der Waals surface area (Å²) in [7, 11) is 1.78. The Kier molecular flexibility index (Phi) is 5.15. The van der Waals surface area contributed by atoms with Gasteiger partial charge in [0.2, 0.25) is 0 Å². The Balaban J connectivity index is 2.72. The molecule has 80 valence electrons. The van der Waals surface area contributed by atoms with Gasteiger partial charge in [0.1, 0.15) is 0 Å². The number of nitrogens with one attached hydrogen (secondary N) is 1. The summed E-state index contributed by atoms with van der Waals surface area (Å²) < 4.78 is 5.48. The molecule has 2 unspecified atom stereocenters. The van der Waals surface area contributed by atoms with Crippen molar-refractivity contribution in [3.63, 3.8) is 0 Å². The number of ether oxygens (including phenoxy) is 1. The van der Waals surface area contributed by atoms with Crippen molar-refractivity contribution in [2.75, 3.05) is 13.7 Å². The van der Waals surface area contributed by atoms with Crippen LogP contribution in [0.5, 0.6) is 0 Å². The highest BCUT2D eigenvalue weighted by Gasteiger charge is 2.20. The van der Waals surface area contributed by atoms with Gasteiger partial charge in [-0.3, -0.25) is 0 Å². The summed E-state index contributed by atoms with van der Waals surface area (Å²) in [6, 6.07) is 2.50. The lowest BCUT2D eigenvalue weighted by atomic mass is 10.0. The average Bonchev–Trinajstić information content (AvgIpc) is 2.71. The lowest BCUT2D eigenvalue weighted by Crippen LogP contribution is -2.32. The van der Waals surface area contributed by atoms with Crippen molar-refractivity contribution < 1.29 is 4.74 Å². The highest BCUT2D eigenvalue weighted by atomic mass is 32.1. The molecule has 1 rings (SSSR count). The Morgan fingerprint density at radius 3 is 2.71 bits per heavy atom. The van der Waals surface area contributed by atoms with E-state index in [9.17, 15) is 0 Å².